The molecule has 1 aliphatic heterocycles. The Kier molecular flexibility index (Phi) is 6.99. The summed E-state index contributed by atoms with van der Waals surface area (Å²) in [6.07, 6.45) is 2.79. The summed E-state index contributed by atoms with van der Waals surface area (Å²) in [6.45, 7) is 6.61. The number of nitrogens with one attached hydrogen (secondary N) is 1. The van der Waals surface area contributed by atoms with E-state index >= 15 is 0 Å². The second-order valence-corrected chi connectivity index (χ2v) is 9.45. The average molecular weight is 457 g/mol. The number of fused-ring (bicyclic) bond motifs is 1. The van der Waals surface area contributed by atoms with Crippen LogP contribution in [0.1, 0.15) is 47.3 Å². The minimum Gasteiger partial charge on any atom is -0.350 e. The van der Waals surface area contributed by atoms with Crippen LogP contribution < -0.4 is 10.2 Å². The fourth-order valence-corrected chi connectivity index (χ4v) is 4.76. The topological polar surface area (TPSA) is 49.4 Å². The molecule has 0 aromatic heterocycles. The van der Waals surface area contributed by atoms with E-state index in [0.717, 1.165) is 28.1 Å². The summed E-state index contributed by atoms with van der Waals surface area (Å²) in [5.74, 6) is -0.0938. The number of anilines is 1. The molecule has 2 amide bonds. The van der Waals surface area contributed by atoms with Gasteiger partial charge in [0.25, 0.3) is 11.8 Å². The maximum Gasteiger partial charge on any atom is 0.265 e. The van der Waals surface area contributed by atoms with Crippen molar-refractivity contribution in [2.24, 2.45) is 0 Å². The molecule has 0 saturated heterocycles. The minimum atomic E-state index is -0.0788. The molecule has 0 fully saturated rings. The first kappa shape index (κ1) is 22.9. The number of aryl methyl sites for hydroxylation is 1. The van der Waals surface area contributed by atoms with Gasteiger partial charge in [-0.3, -0.25) is 9.59 Å². The highest BCUT2D eigenvalue weighted by molar-refractivity contribution is 8.04. The Morgan fingerprint density at radius 3 is 2.55 bits per heavy atom. The standard InChI is InChI=1S/C28H28N2O2S/c1-4-20(3)29-27(31)23-14-12-21(13-15-23)17-26-28(32)30(18-22-9-7-8-19(2)16-22)24-10-5-6-11-25(24)33-26/h5-17,20H,4,18H2,1-3H3,(H,29,31)/b26-17+/t20-/m1/s1. The zero-order chi connectivity index (χ0) is 23.4. The first-order chi connectivity index (χ1) is 15.9. The van der Waals surface area contributed by atoms with Gasteiger partial charge in [0.2, 0.25) is 0 Å². The van der Waals surface area contributed by atoms with Gasteiger partial charge < -0.3 is 10.2 Å². The van der Waals surface area contributed by atoms with E-state index in [4.69, 9.17) is 0 Å². The van der Waals surface area contributed by atoms with Gasteiger partial charge in [-0.2, -0.15) is 0 Å². The molecule has 5 heteroatoms. The van der Waals surface area contributed by atoms with E-state index in [9.17, 15) is 9.59 Å². The molecule has 33 heavy (non-hydrogen) atoms. The molecule has 1 atom stereocenters. The number of nitrogens with zero attached hydrogens (tertiary/aromatic N) is 1. The first-order valence-corrected chi connectivity index (χ1v) is 12.0. The van der Waals surface area contributed by atoms with E-state index in [0.29, 0.717) is 17.0 Å². The zero-order valence-electron chi connectivity index (χ0n) is 19.2. The Labute approximate surface area is 199 Å². The molecular weight excluding hydrogens is 428 g/mol. The fraction of sp³-hybridized carbons (Fsp3) is 0.214. The third-order valence-corrected chi connectivity index (χ3v) is 6.79. The van der Waals surface area contributed by atoms with Crippen LogP contribution in [0.3, 0.4) is 0 Å². The Balaban J connectivity index is 1.60. The van der Waals surface area contributed by atoms with Crippen LogP contribution in [0.25, 0.3) is 6.08 Å². The van der Waals surface area contributed by atoms with E-state index in [1.54, 1.807) is 12.1 Å². The van der Waals surface area contributed by atoms with Crippen molar-refractivity contribution >= 4 is 35.3 Å². The third kappa shape index (κ3) is 5.37. The molecule has 3 aromatic rings. The molecular formula is C28H28N2O2S. The normalized spacial score (nSPS) is 15.3. The monoisotopic (exact) mass is 456 g/mol. The highest BCUT2D eigenvalue weighted by Gasteiger charge is 2.29. The van der Waals surface area contributed by atoms with Crippen molar-refractivity contribution in [3.63, 3.8) is 0 Å². The van der Waals surface area contributed by atoms with E-state index < -0.39 is 0 Å². The number of carbonyl (C=O) groups is 2. The van der Waals surface area contributed by atoms with Gasteiger partial charge in [-0.1, -0.05) is 72.8 Å². The minimum absolute atomic E-state index is 0.0150. The van der Waals surface area contributed by atoms with Crippen molar-refractivity contribution in [3.05, 3.63) is 100.0 Å². The number of para-hydroxylation sites is 1. The van der Waals surface area contributed by atoms with Crippen LogP contribution in [0.4, 0.5) is 5.69 Å². The Hall–Kier alpha value is -3.31. The molecule has 1 N–H and O–H groups in total. The maximum absolute atomic E-state index is 13.5. The van der Waals surface area contributed by atoms with Crippen molar-refractivity contribution in [3.8, 4) is 0 Å². The van der Waals surface area contributed by atoms with Gasteiger partial charge in [0, 0.05) is 16.5 Å². The second-order valence-electron chi connectivity index (χ2n) is 8.36. The van der Waals surface area contributed by atoms with Crippen molar-refractivity contribution in [2.45, 2.75) is 44.7 Å². The number of thioether (sulfide) groups is 1. The van der Waals surface area contributed by atoms with Crippen LogP contribution in [0.15, 0.2) is 82.6 Å². The van der Waals surface area contributed by atoms with E-state index in [2.05, 4.69) is 30.4 Å². The molecule has 4 nitrogen and oxygen atoms in total. The number of benzene rings is 3. The molecule has 0 spiro atoms. The van der Waals surface area contributed by atoms with Crippen LogP contribution in [-0.2, 0) is 11.3 Å². The molecule has 0 saturated carbocycles. The van der Waals surface area contributed by atoms with Gasteiger partial charge in [-0.05, 0) is 61.7 Å². The fourth-order valence-electron chi connectivity index (χ4n) is 3.70. The van der Waals surface area contributed by atoms with Crippen LogP contribution >= 0.6 is 11.8 Å². The highest BCUT2D eigenvalue weighted by Crippen LogP contribution is 2.42. The lowest BCUT2D eigenvalue weighted by atomic mass is 10.1. The zero-order valence-corrected chi connectivity index (χ0v) is 20.0. The van der Waals surface area contributed by atoms with E-state index in [1.807, 2.05) is 67.3 Å². The lowest BCUT2D eigenvalue weighted by Crippen LogP contribution is -2.33. The molecule has 0 aliphatic carbocycles. The Bertz CT molecular complexity index is 1200. The van der Waals surface area contributed by atoms with Crippen LogP contribution in [-0.4, -0.2) is 17.9 Å². The lowest BCUT2D eigenvalue weighted by molar-refractivity contribution is -0.114. The summed E-state index contributed by atoms with van der Waals surface area (Å²) in [7, 11) is 0. The van der Waals surface area contributed by atoms with Gasteiger partial charge in [0.1, 0.15) is 0 Å². The summed E-state index contributed by atoms with van der Waals surface area (Å²) < 4.78 is 0. The smallest absolute Gasteiger partial charge is 0.265 e. The predicted molar refractivity (Wildman–Crippen MR) is 136 cm³/mol. The number of hydrogen-bond acceptors (Lipinski definition) is 3. The van der Waals surface area contributed by atoms with Crippen molar-refractivity contribution < 1.29 is 9.59 Å². The summed E-state index contributed by atoms with van der Waals surface area (Å²) >= 11 is 1.49. The first-order valence-electron chi connectivity index (χ1n) is 11.2. The van der Waals surface area contributed by atoms with Crippen molar-refractivity contribution in [2.75, 3.05) is 4.90 Å². The second kappa shape index (κ2) is 10.1. The highest BCUT2D eigenvalue weighted by atomic mass is 32.2. The number of rotatable bonds is 6. The predicted octanol–water partition coefficient (Wildman–Crippen LogP) is 6.20. The lowest BCUT2D eigenvalue weighted by Gasteiger charge is -2.30. The number of amides is 2. The van der Waals surface area contributed by atoms with Crippen LogP contribution in [0.2, 0.25) is 0 Å². The summed E-state index contributed by atoms with van der Waals surface area (Å²) in [4.78, 5) is 29.4. The number of hydrogen-bond donors (Lipinski definition) is 1. The van der Waals surface area contributed by atoms with Gasteiger partial charge in [0.15, 0.2) is 0 Å². The molecule has 1 aliphatic rings. The van der Waals surface area contributed by atoms with E-state index in [1.165, 1.54) is 17.3 Å². The summed E-state index contributed by atoms with van der Waals surface area (Å²) in [5, 5.41) is 2.98. The number of carbonyl (C=O) groups excluding carboxylic acids is 2. The summed E-state index contributed by atoms with van der Waals surface area (Å²) in [5.41, 5.74) is 4.71. The molecule has 1 heterocycles. The quantitative estimate of drug-likeness (QED) is 0.449. The van der Waals surface area contributed by atoms with Crippen LogP contribution in [0, 0.1) is 6.92 Å². The van der Waals surface area contributed by atoms with E-state index in [-0.39, 0.29) is 17.9 Å². The Morgan fingerprint density at radius 2 is 1.82 bits per heavy atom. The van der Waals surface area contributed by atoms with Crippen LogP contribution in [0.5, 0.6) is 0 Å². The third-order valence-electron chi connectivity index (χ3n) is 5.72. The largest absolute Gasteiger partial charge is 0.350 e. The molecule has 0 radical (unpaired) electrons. The Morgan fingerprint density at radius 1 is 1.06 bits per heavy atom. The SMILES string of the molecule is CC[C@@H](C)NC(=O)c1ccc(/C=C2/Sc3ccccc3N(Cc3cccc(C)c3)C2=O)cc1. The average Bonchev–Trinajstić information content (AvgIpc) is 2.82. The molecule has 168 valence electrons. The molecule has 4 rings (SSSR count). The van der Waals surface area contributed by atoms with Gasteiger partial charge >= 0.3 is 0 Å². The van der Waals surface area contributed by atoms with Gasteiger partial charge in [0.05, 0.1) is 17.1 Å². The van der Waals surface area contributed by atoms with Crippen molar-refractivity contribution in [1.29, 1.82) is 0 Å². The molecule has 3 aromatic carbocycles. The van der Waals surface area contributed by atoms with Gasteiger partial charge in [-0.15, -0.1) is 0 Å². The molecule has 0 unspecified atom stereocenters. The van der Waals surface area contributed by atoms with Gasteiger partial charge in [-0.25, -0.2) is 0 Å². The summed E-state index contributed by atoms with van der Waals surface area (Å²) in [6, 6.07) is 23.8. The molecule has 0 bridgehead atoms. The maximum atomic E-state index is 13.5. The van der Waals surface area contributed by atoms with Crippen molar-refractivity contribution in [1.82, 2.24) is 5.32 Å².